The lowest BCUT2D eigenvalue weighted by atomic mass is 9.96. The summed E-state index contributed by atoms with van der Waals surface area (Å²) in [4.78, 5) is 30.7. The summed E-state index contributed by atoms with van der Waals surface area (Å²) in [6.07, 6.45) is 5.10. The van der Waals surface area contributed by atoms with Crippen molar-refractivity contribution in [3.8, 4) is 22.4 Å². The van der Waals surface area contributed by atoms with Crippen molar-refractivity contribution in [3.05, 3.63) is 84.3 Å². The highest BCUT2D eigenvalue weighted by Crippen LogP contribution is 2.44. The number of anilines is 1. The lowest BCUT2D eigenvalue weighted by molar-refractivity contribution is 0.0827. The van der Waals surface area contributed by atoms with Gasteiger partial charge in [-0.2, -0.15) is 5.10 Å². The van der Waals surface area contributed by atoms with Gasteiger partial charge in [0.25, 0.3) is 15.9 Å². The average Bonchev–Trinajstić information content (AvgIpc) is 3.50. The van der Waals surface area contributed by atoms with Crippen molar-refractivity contribution >= 4 is 38.9 Å². The molecule has 0 atom stereocenters. The van der Waals surface area contributed by atoms with Crippen molar-refractivity contribution in [2.45, 2.75) is 4.90 Å². The molecule has 0 aliphatic heterocycles. The number of nitrogen functional groups attached to an aromatic ring is 1. The van der Waals surface area contributed by atoms with Gasteiger partial charge in [0, 0.05) is 49.4 Å². The highest BCUT2D eigenvalue weighted by Gasteiger charge is 2.32. The van der Waals surface area contributed by atoms with Crippen molar-refractivity contribution in [2.24, 2.45) is 7.05 Å². The molecule has 0 fully saturated rings. The summed E-state index contributed by atoms with van der Waals surface area (Å²) in [6.45, 7) is 0. The number of hydrogen-bond acceptors (Lipinski definition) is 7. The second-order valence-corrected chi connectivity index (χ2v) is 10.7. The third kappa shape index (κ3) is 3.93. The number of aromatic nitrogens is 4. The molecule has 0 saturated heterocycles. The Labute approximate surface area is 219 Å². The fourth-order valence-corrected chi connectivity index (χ4v) is 5.95. The second kappa shape index (κ2) is 9.27. The SMILES string of the molecule is CN(C)C(=O)c1ccc(-c2c(-c3cnn(C)c3)n(S(=O)(=O)c3ccccc3)c3ncc(N)c(C=O)c23)cc1. The summed E-state index contributed by atoms with van der Waals surface area (Å²) < 4.78 is 30.9. The Kier molecular flexibility index (Phi) is 6.08. The maximum Gasteiger partial charge on any atom is 0.269 e. The molecule has 0 unspecified atom stereocenters. The highest BCUT2D eigenvalue weighted by molar-refractivity contribution is 7.90. The summed E-state index contributed by atoms with van der Waals surface area (Å²) in [5, 5.41) is 4.54. The molecule has 0 aliphatic rings. The molecule has 2 N–H and O–H groups in total. The number of rotatable bonds is 6. The molecule has 3 heterocycles. The van der Waals surface area contributed by atoms with E-state index in [0.29, 0.717) is 28.5 Å². The predicted molar refractivity (Wildman–Crippen MR) is 144 cm³/mol. The van der Waals surface area contributed by atoms with Crippen LogP contribution in [0.25, 0.3) is 33.4 Å². The standard InChI is InChI=1S/C27H24N6O4S/c1-31(2)27(35)18-11-9-17(10-12-18)23-24-21(16-34)22(28)14-29-26(24)33(25(23)19-13-30-32(3)15-19)38(36,37)20-7-5-4-6-8-20/h4-16H,28H2,1-3H3. The summed E-state index contributed by atoms with van der Waals surface area (Å²) in [6, 6.07) is 14.7. The van der Waals surface area contributed by atoms with Gasteiger partial charge < -0.3 is 10.6 Å². The van der Waals surface area contributed by atoms with Crippen LogP contribution in [0, 0.1) is 0 Å². The van der Waals surface area contributed by atoms with Crippen LogP contribution in [0.2, 0.25) is 0 Å². The van der Waals surface area contributed by atoms with Crippen LogP contribution >= 0.6 is 0 Å². The zero-order chi connectivity index (χ0) is 27.2. The van der Waals surface area contributed by atoms with Gasteiger partial charge in [0.1, 0.15) is 0 Å². The molecule has 0 bridgehead atoms. The Bertz CT molecular complexity index is 1800. The Morgan fingerprint density at radius 3 is 2.26 bits per heavy atom. The third-order valence-electron chi connectivity index (χ3n) is 6.22. The maximum absolute atomic E-state index is 14.1. The number of carbonyl (C=O) groups is 2. The molecule has 0 saturated carbocycles. The smallest absolute Gasteiger partial charge is 0.269 e. The topological polar surface area (TPSA) is 133 Å². The normalized spacial score (nSPS) is 11.6. The Balaban J connectivity index is 1.95. The van der Waals surface area contributed by atoms with Crippen molar-refractivity contribution in [2.75, 3.05) is 19.8 Å². The molecule has 192 valence electrons. The number of nitrogens with zero attached hydrogens (tertiary/aromatic N) is 5. The van der Waals surface area contributed by atoms with Crippen molar-refractivity contribution in [1.82, 2.24) is 23.6 Å². The zero-order valence-electron chi connectivity index (χ0n) is 20.9. The van der Waals surface area contributed by atoms with Crippen LogP contribution in [0.4, 0.5) is 5.69 Å². The van der Waals surface area contributed by atoms with Crippen LogP contribution in [0.1, 0.15) is 20.7 Å². The molecule has 5 aromatic rings. The number of benzene rings is 2. The average molecular weight is 529 g/mol. The van der Waals surface area contributed by atoms with Crippen LogP contribution in [-0.4, -0.2) is 58.3 Å². The summed E-state index contributed by atoms with van der Waals surface area (Å²) in [5.74, 6) is -0.183. The number of aldehydes is 1. The summed E-state index contributed by atoms with van der Waals surface area (Å²) in [7, 11) is 0.838. The van der Waals surface area contributed by atoms with Crippen molar-refractivity contribution < 1.29 is 18.0 Å². The first-order chi connectivity index (χ1) is 18.1. The summed E-state index contributed by atoms with van der Waals surface area (Å²) >= 11 is 0. The molecule has 10 nitrogen and oxygen atoms in total. The Morgan fingerprint density at radius 1 is 1.00 bits per heavy atom. The monoisotopic (exact) mass is 528 g/mol. The molecule has 5 rings (SSSR count). The van der Waals surface area contributed by atoms with Gasteiger partial charge in [-0.3, -0.25) is 14.3 Å². The van der Waals surface area contributed by atoms with E-state index in [0.717, 1.165) is 3.97 Å². The van der Waals surface area contributed by atoms with E-state index in [1.165, 1.54) is 23.2 Å². The minimum Gasteiger partial charge on any atom is -0.397 e. The Morgan fingerprint density at radius 2 is 1.68 bits per heavy atom. The minimum absolute atomic E-state index is 0.0480. The fraction of sp³-hybridized carbons (Fsp3) is 0.111. The third-order valence-corrected chi connectivity index (χ3v) is 7.92. The van der Waals surface area contributed by atoms with E-state index in [4.69, 9.17) is 5.73 Å². The number of hydrogen-bond donors (Lipinski definition) is 1. The van der Waals surface area contributed by atoms with Gasteiger partial charge in [0.2, 0.25) is 0 Å². The van der Waals surface area contributed by atoms with Gasteiger partial charge in [0.15, 0.2) is 11.9 Å². The van der Waals surface area contributed by atoms with Gasteiger partial charge in [0.05, 0.1) is 34.2 Å². The first-order valence-electron chi connectivity index (χ1n) is 11.5. The maximum atomic E-state index is 14.1. The van der Waals surface area contributed by atoms with Crippen molar-refractivity contribution in [3.63, 3.8) is 0 Å². The molecular formula is C27H24N6O4S. The number of carbonyl (C=O) groups excluding carboxylic acids is 2. The van der Waals surface area contributed by atoms with Crippen LogP contribution in [0.5, 0.6) is 0 Å². The first-order valence-corrected chi connectivity index (χ1v) is 13.0. The van der Waals surface area contributed by atoms with Gasteiger partial charge in [-0.05, 0) is 29.8 Å². The number of pyridine rings is 1. The van der Waals surface area contributed by atoms with E-state index < -0.39 is 10.0 Å². The van der Waals surface area contributed by atoms with Crippen LogP contribution < -0.4 is 5.73 Å². The van der Waals surface area contributed by atoms with E-state index in [1.807, 2.05) is 0 Å². The lowest BCUT2D eigenvalue weighted by Gasteiger charge is -2.13. The van der Waals surface area contributed by atoms with Gasteiger partial charge in [-0.1, -0.05) is 30.3 Å². The fourth-order valence-electron chi connectivity index (χ4n) is 4.44. The molecule has 0 radical (unpaired) electrons. The van der Waals surface area contributed by atoms with E-state index in [2.05, 4.69) is 10.1 Å². The minimum atomic E-state index is -4.19. The molecular weight excluding hydrogens is 504 g/mol. The lowest BCUT2D eigenvalue weighted by Crippen LogP contribution is -2.21. The number of amides is 1. The van der Waals surface area contributed by atoms with E-state index in [9.17, 15) is 18.0 Å². The molecule has 3 aromatic heterocycles. The van der Waals surface area contributed by atoms with E-state index >= 15 is 0 Å². The molecule has 11 heteroatoms. The molecule has 2 aromatic carbocycles. The number of fused-ring (bicyclic) bond motifs is 1. The molecule has 38 heavy (non-hydrogen) atoms. The number of aryl methyl sites for hydroxylation is 1. The van der Waals surface area contributed by atoms with Gasteiger partial charge in [-0.15, -0.1) is 0 Å². The van der Waals surface area contributed by atoms with Gasteiger partial charge >= 0.3 is 0 Å². The molecule has 0 aliphatic carbocycles. The van der Waals surface area contributed by atoms with Gasteiger partial charge in [-0.25, -0.2) is 17.4 Å². The van der Waals surface area contributed by atoms with Crippen LogP contribution in [0.3, 0.4) is 0 Å². The number of nitrogens with two attached hydrogens (primary N) is 1. The van der Waals surface area contributed by atoms with Crippen LogP contribution in [0.15, 0.2) is 78.1 Å². The Hall–Kier alpha value is -4.77. The zero-order valence-corrected chi connectivity index (χ0v) is 21.7. The van der Waals surface area contributed by atoms with Crippen LogP contribution in [-0.2, 0) is 17.1 Å². The molecule has 1 amide bonds. The summed E-state index contributed by atoms with van der Waals surface area (Å²) in [5.41, 5.74) is 8.63. The molecule has 0 spiro atoms. The highest BCUT2D eigenvalue weighted by atomic mass is 32.2. The van der Waals surface area contributed by atoms with E-state index in [1.54, 1.807) is 80.7 Å². The second-order valence-electron chi connectivity index (χ2n) is 8.93. The quantitative estimate of drug-likeness (QED) is 0.334. The van der Waals surface area contributed by atoms with Crippen molar-refractivity contribution in [1.29, 1.82) is 0 Å². The predicted octanol–water partition coefficient (Wildman–Crippen LogP) is 3.44. The first kappa shape index (κ1) is 24.9. The van der Waals surface area contributed by atoms with E-state index in [-0.39, 0.29) is 38.8 Å². The largest absolute Gasteiger partial charge is 0.397 e.